The first-order valence-electron chi connectivity index (χ1n) is 12.6. The molecule has 3 aromatic carbocycles. The summed E-state index contributed by atoms with van der Waals surface area (Å²) < 4.78 is 5.49. The summed E-state index contributed by atoms with van der Waals surface area (Å²) in [6.07, 6.45) is -0.859. The second-order valence-electron chi connectivity index (χ2n) is 9.48. The van der Waals surface area contributed by atoms with Gasteiger partial charge in [0.25, 0.3) is 0 Å². The van der Waals surface area contributed by atoms with Gasteiger partial charge < -0.3 is 20.3 Å². The van der Waals surface area contributed by atoms with Gasteiger partial charge in [-0.2, -0.15) is 0 Å². The number of hydrogen-bond acceptors (Lipinski definition) is 7. The number of nitroso groups, excluding NO2 is 1. The normalized spacial score (nSPS) is 19.9. The number of ether oxygens (including phenoxy) is 1. The third-order valence-corrected chi connectivity index (χ3v) is 7.21. The maximum absolute atomic E-state index is 13.1. The fourth-order valence-corrected chi connectivity index (χ4v) is 5.21. The number of phenolic OH excluding ortho intramolecular Hbond substituents is 2. The number of aromatic hydroxyl groups is 2. The van der Waals surface area contributed by atoms with Crippen LogP contribution in [0.5, 0.6) is 17.2 Å². The van der Waals surface area contributed by atoms with Crippen molar-refractivity contribution in [3.05, 3.63) is 87.3 Å². The van der Waals surface area contributed by atoms with Gasteiger partial charge in [0.05, 0.1) is 29.8 Å². The van der Waals surface area contributed by atoms with Crippen LogP contribution in [0.4, 0.5) is 5.69 Å². The topological polar surface area (TPSA) is 126 Å². The van der Waals surface area contributed by atoms with E-state index in [4.69, 9.17) is 21.3 Å². The Morgan fingerprint density at radius 3 is 2.69 bits per heavy atom. The number of hydrazine groups is 1. The lowest BCUT2D eigenvalue weighted by Crippen LogP contribution is -2.46. The Balaban J connectivity index is 1.48. The summed E-state index contributed by atoms with van der Waals surface area (Å²) in [5, 5.41) is 23.2. The highest BCUT2D eigenvalue weighted by Gasteiger charge is 2.53. The van der Waals surface area contributed by atoms with Crippen molar-refractivity contribution in [3.8, 4) is 17.2 Å². The highest BCUT2D eigenvalue weighted by atomic mass is 35.5. The molecular weight excluding hydrogens is 522 g/mol. The molecule has 1 amide bonds. The van der Waals surface area contributed by atoms with Crippen molar-refractivity contribution < 1.29 is 24.6 Å². The monoisotopic (exact) mass is 550 g/mol. The highest BCUT2D eigenvalue weighted by Crippen LogP contribution is 2.37. The van der Waals surface area contributed by atoms with Crippen LogP contribution in [0, 0.1) is 4.91 Å². The minimum absolute atomic E-state index is 0.0530. The summed E-state index contributed by atoms with van der Waals surface area (Å²) in [6.45, 7) is 2.11. The standard InChI is InChI=1S/C28H28ClN5O5/c1-16-32-34(38)28-22(15-25(36)30-13-12-18-4-3-5-24(35)27(18)37)31-26(17-6-8-19(29)9-7-17)21-14-20(39-2)10-11-23(21)33(16)28/h3-11,14,16,22,28H,12-13,15H2,1-2H3,(H3-,30,32,35,36,37,38)/p+1. The predicted octanol–water partition coefficient (Wildman–Crippen LogP) is 3.50. The molecule has 0 bridgehead atoms. The second kappa shape index (κ2) is 10.8. The first-order valence-corrected chi connectivity index (χ1v) is 12.9. The lowest BCUT2D eigenvalue weighted by Gasteiger charge is -2.24. The molecule has 1 saturated heterocycles. The SMILES string of the molecule is COc1ccc2c(c1)C(c1ccc(Cl)cc1)=NC(CC(=O)NCCc1cccc(O)c1O)C1N2C(C)N[N+]1=O. The van der Waals surface area contributed by atoms with Crippen LogP contribution in [0.15, 0.2) is 65.7 Å². The molecule has 3 aromatic rings. The van der Waals surface area contributed by atoms with Gasteiger partial charge in [0.2, 0.25) is 5.91 Å². The molecule has 202 valence electrons. The van der Waals surface area contributed by atoms with E-state index in [1.165, 1.54) is 6.07 Å². The number of methoxy groups -OCH3 is 1. The van der Waals surface area contributed by atoms with Crippen molar-refractivity contribution in [3.63, 3.8) is 0 Å². The minimum Gasteiger partial charge on any atom is -0.504 e. The number of carbonyl (C=O) groups is 1. The molecule has 0 radical (unpaired) electrons. The van der Waals surface area contributed by atoms with E-state index in [0.717, 1.165) is 21.7 Å². The number of rotatable bonds is 7. The van der Waals surface area contributed by atoms with Gasteiger partial charge in [0.1, 0.15) is 16.7 Å². The Labute approximate surface area is 230 Å². The average Bonchev–Trinajstić information content (AvgIpc) is 3.13. The lowest BCUT2D eigenvalue weighted by atomic mass is 9.99. The molecule has 4 N–H and O–H groups in total. The number of aliphatic imine (C=N–C) groups is 1. The van der Waals surface area contributed by atoms with Crippen molar-refractivity contribution in [1.29, 1.82) is 0 Å². The van der Waals surface area contributed by atoms with E-state index in [2.05, 4.69) is 10.7 Å². The van der Waals surface area contributed by atoms with Crippen LogP contribution in [0.2, 0.25) is 5.02 Å². The Bertz CT molecular complexity index is 1440. The number of phenols is 2. The number of amides is 1. The summed E-state index contributed by atoms with van der Waals surface area (Å²) in [5.41, 5.74) is 6.39. The highest BCUT2D eigenvalue weighted by molar-refractivity contribution is 6.30. The maximum Gasteiger partial charge on any atom is 0.333 e. The Hall–Kier alpha value is -4.31. The number of carbonyl (C=O) groups excluding carboxylic acids is 1. The quantitative estimate of drug-likeness (QED) is 0.262. The van der Waals surface area contributed by atoms with Crippen molar-refractivity contribution >= 4 is 28.9 Å². The summed E-state index contributed by atoms with van der Waals surface area (Å²) >= 11 is 6.15. The van der Waals surface area contributed by atoms with Crippen LogP contribution in [-0.2, 0) is 11.2 Å². The van der Waals surface area contributed by atoms with Gasteiger partial charge in [0, 0.05) is 22.7 Å². The molecule has 2 heterocycles. The van der Waals surface area contributed by atoms with Crippen LogP contribution in [-0.4, -0.2) is 58.7 Å². The van der Waals surface area contributed by atoms with Crippen LogP contribution in [0.1, 0.15) is 30.0 Å². The number of hydrogen-bond donors (Lipinski definition) is 4. The maximum atomic E-state index is 13.1. The van der Waals surface area contributed by atoms with Gasteiger partial charge in [0.15, 0.2) is 17.7 Å². The van der Waals surface area contributed by atoms with E-state index in [0.29, 0.717) is 28.5 Å². The molecular formula is C28H29ClN5O5+. The first-order chi connectivity index (χ1) is 18.8. The van der Waals surface area contributed by atoms with Crippen LogP contribution >= 0.6 is 11.6 Å². The Morgan fingerprint density at radius 1 is 1.18 bits per heavy atom. The molecule has 0 aromatic heterocycles. The fraction of sp³-hybridized carbons (Fsp3) is 0.286. The molecule has 2 aliphatic heterocycles. The summed E-state index contributed by atoms with van der Waals surface area (Å²) in [5.74, 6) is -0.0759. The molecule has 2 aliphatic rings. The van der Waals surface area contributed by atoms with Crippen LogP contribution < -0.4 is 20.4 Å². The summed E-state index contributed by atoms with van der Waals surface area (Å²) in [7, 11) is 1.59. The zero-order valence-electron chi connectivity index (χ0n) is 21.5. The summed E-state index contributed by atoms with van der Waals surface area (Å²) in [6, 6.07) is 16.8. The number of nitrogens with zero attached hydrogens (tertiary/aromatic N) is 3. The van der Waals surface area contributed by atoms with Crippen molar-refractivity contribution in [2.75, 3.05) is 18.6 Å². The lowest BCUT2D eigenvalue weighted by molar-refractivity contribution is -0.622. The molecule has 3 unspecified atom stereocenters. The van der Waals surface area contributed by atoms with E-state index in [9.17, 15) is 19.9 Å². The number of halogens is 1. The molecule has 5 rings (SSSR count). The third kappa shape index (κ3) is 5.20. The van der Waals surface area contributed by atoms with Gasteiger partial charge in [-0.05, 0) is 55.3 Å². The number of nitrogens with one attached hydrogen (secondary N) is 2. The molecule has 3 atom stereocenters. The van der Waals surface area contributed by atoms with Gasteiger partial charge in [-0.3, -0.25) is 14.7 Å². The number of fused-ring (bicyclic) bond motifs is 3. The zero-order chi connectivity index (χ0) is 27.7. The molecule has 11 heteroatoms. The molecule has 1 fully saturated rings. The number of benzene rings is 3. The predicted molar refractivity (Wildman–Crippen MR) is 147 cm³/mol. The molecule has 0 aliphatic carbocycles. The van der Waals surface area contributed by atoms with Crippen molar-refractivity contribution in [2.45, 2.75) is 38.1 Å². The summed E-state index contributed by atoms with van der Waals surface area (Å²) in [4.78, 5) is 33.9. The smallest absolute Gasteiger partial charge is 0.333 e. The molecule has 39 heavy (non-hydrogen) atoms. The van der Waals surface area contributed by atoms with E-state index in [-0.39, 0.29) is 36.5 Å². The van der Waals surface area contributed by atoms with Gasteiger partial charge >= 0.3 is 6.17 Å². The zero-order valence-corrected chi connectivity index (χ0v) is 22.2. The van der Waals surface area contributed by atoms with E-state index >= 15 is 0 Å². The first kappa shape index (κ1) is 26.3. The van der Waals surface area contributed by atoms with Gasteiger partial charge in [-0.15, -0.1) is 5.43 Å². The largest absolute Gasteiger partial charge is 0.504 e. The Morgan fingerprint density at radius 2 is 1.95 bits per heavy atom. The number of anilines is 1. The van der Waals surface area contributed by atoms with E-state index in [1.807, 2.05) is 42.2 Å². The van der Waals surface area contributed by atoms with Crippen molar-refractivity contribution in [1.82, 2.24) is 10.7 Å². The second-order valence-corrected chi connectivity index (χ2v) is 9.91. The van der Waals surface area contributed by atoms with E-state index < -0.39 is 12.2 Å². The van der Waals surface area contributed by atoms with Gasteiger partial charge in [-0.25, -0.2) is 0 Å². The molecule has 10 nitrogen and oxygen atoms in total. The van der Waals surface area contributed by atoms with Crippen LogP contribution in [0.25, 0.3) is 0 Å². The minimum atomic E-state index is -0.780. The third-order valence-electron chi connectivity index (χ3n) is 6.96. The Kier molecular flexibility index (Phi) is 7.30. The number of para-hydroxylation sites is 1. The van der Waals surface area contributed by atoms with Crippen molar-refractivity contribution in [2.24, 2.45) is 4.99 Å². The molecule has 0 spiro atoms. The van der Waals surface area contributed by atoms with Gasteiger partial charge in [-0.1, -0.05) is 35.9 Å². The van der Waals surface area contributed by atoms with E-state index in [1.54, 1.807) is 31.4 Å². The van der Waals surface area contributed by atoms with Crippen LogP contribution in [0.3, 0.4) is 0 Å². The average molecular weight is 551 g/mol. The fourth-order valence-electron chi connectivity index (χ4n) is 5.08. The molecule has 0 saturated carbocycles.